The Kier molecular flexibility index (Phi) is 3.74. The number of hydrogen-bond donors (Lipinski definition) is 0. The average Bonchev–Trinajstić information content (AvgIpc) is 3.35. The Morgan fingerprint density at radius 3 is 2.46 bits per heavy atom. The van der Waals surface area contributed by atoms with Gasteiger partial charge in [0.25, 0.3) is 0 Å². The summed E-state index contributed by atoms with van der Waals surface area (Å²) in [5.74, 6) is -0.767. The quantitative estimate of drug-likeness (QED) is 0.694. The monoisotopic (exact) mass is 435 g/mol. The predicted molar refractivity (Wildman–Crippen MR) is 97.8 cm³/mol. The van der Waals surface area contributed by atoms with Gasteiger partial charge in [0, 0.05) is 11.2 Å². The number of benzene rings is 1. The molecule has 0 radical (unpaired) electrons. The first-order valence-electron chi connectivity index (χ1n) is 8.54. The lowest BCUT2D eigenvalue weighted by Gasteiger charge is -2.15. The van der Waals surface area contributed by atoms with E-state index in [2.05, 4.69) is 21.0 Å². The Morgan fingerprint density at radius 2 is 1.81 bits per heavy atom. The summed E-state index contributed by atoms with van der Waals surface area (Å²) < 4.78 is 8.06. The van der Waals surface area contributed by atoms with Crippen LogP contribution in [0.4, 0.5) is 5.82 Å². The van der Waals surface area contributed by atoms with Gasteiger partial charge in [-0.2, -0.15) is 5.10 Å². The summed E-state index contributed by atoms with van der Waals surface area (Å²) in [4.78, 5) is 27.0. The van der Waals surface area contributed by atoms with E-state index in [1.807, 2.05) is 24.3 Å². The van der Waals surface area contributed by atoms with Crippen LogP contribution < -0.4 is 4.90 Å². The number of aromatic nitrogens is 2. The third-order valence-corrected chi connectivity index (χ3v) is 6.41. The molecule has 2 amide bonds. The molecule has 5 rings (SSSR count). The molecule has 2 aromatic rings. The van der Waals surface area contributed by atoms with Crippen molar-refractivity contribution in [3.05, 3.63) is 45.5 Å². The first kappa shape index (κ1) is 16.5. The number of nitrogens with zero attached hydrogens (tertiary/aromatic N) is 3. The topological polar surface area (TPSA) is 64.4 Å². The normalized spacial score (nSPS) is 29.7. The third-order valence-electron chi connectivity index (χ3n) is 5.49. The first-order chi connectivity index (χ1) is 12.5. The second kappa shape index (κ2) is 5.90. The van der Waals surface area contributed by atoms with Crippen LogP contribution in [-0.2, 0) is 20.9 Å². The highest BCUT2D eigenvalue weighted by atomic mass is 79.9. The largest absolute Gasteiger partial charge is 0.373 e. The summed E-state index contributed by atoms with van der Waals surface area (Å²) in [6.45, 7) is 0.454. The lowest BCUT2D eigenvalue weighted by molar-refractivity contribution is -0.124. The lowest BCUT2D eigenvalue weighted by atomic mass is 9.81. The number of carbonyl (C=O) groups excluding carboxylic acids is 2. The Morgan fingerprint density at radius 1 is 1.15 bits per heavy atom. The molecule has 4 unspecified atom stereocenters. The van der Waals surface area contributed by atoms with Crippen molar-refractivity contribution in [3.63, 3.8) is 0 Å². The summed E-state index contributed by atoms with van der Waals surface area (Å²) in [6.07, 6.45) is 3.20. The van der Waals surface area contributed by atoms with Crippen molar-refractivity contribution in [3.8, 4) is 0 Å². The fourth-order valence-electron chi connectivity index (χ4n) is 4.34. The van der Waals surface area contributed by atoms with Crippen molar-refractivity contribution in [1.29, 1.82) is 0 Å². The Balaban J connectivity index is 1.46. The summed E-state index contributed by atoms with van der Waals surface area (Å²) >= 11 is 9.66. The van der Waals surface area contributed by atoms with E-state index >= 15 is 0 Å². The van der Waals surface area contributed by atoms with Crippen LogP contribution in [0, 0.1) is 11.8 Å². The SMILES string of the molecule is O=C1C2C3CCC(O3)C2C(=O)N1c1nn(Cc2ccccc2Cl)cc1Br. The van der Waals surface area contributed by atoms with E-state index < -0.39 is 0 Å². The van der Waals surface area contributed by atoms with Gasteiger partial charge in [-0.05, 0) is 40.4 Å². The number of carbonyl (C=O) groups is 2. The first-order valence-corrected chi connectivity index (χ1v) is 9.71. The van der Waals surface area contributed by atoms with Crippen LogP contribution in [0.5, 0.6) is 0 Å². The number of hydrogen-bond acceptors (Lipinski definition) is 4. The van der Waals surface area contributed by atoms with Gasteiger partial charge in [0.2, 0.25) is 11.8 Å². The second-order valence-electron chi connectivity index (χ2n) is 6.94. The number of fused-ring (bicyclic) bond motifs is 5. The number of amides is 2. The Bertz CT molecular complexity index is 902. The molecule has 3 aliphatic rings. The maximum atomic E-state index is 12.9. The van der Waals surface area contributed by atoms with E-state index in [0.717, 1.165) is 18.4 Å². The number of rotatable bonds is 3. The maximum absolute atomic E-state index is 12.9. The Labute approximate surface area is 163 Å². The molecule has 3 fully saturated rings. The fourth-order valence-corrected chi connectivity index (χ4v) is 5.03. The van der Waals surface area contributed by atoms with E-state index in [1.54, 1.807) is 10.9 Å². The van der Waals surface area contributed by atoms with Gasteiger partial charge in [-0.1, -0.05) is 29.8 Å². The minimum Gasteiger partial charge on any atom is -0.373 e. The predicted octanol–water partition coefficient (Wildman–Crippen LogP) is 3.01. The van der Waals surface area contributed by atoms with Gasteiger partial charge in [0.15, 0.2) is 5.82 Å². The molecule has 1 aromatic heterocycles. The molecule has 1 aromatic carbocycles. The van der Waals surface area contributed by atoms with E-state index in [4.69, 9.17) is 16.3 Å². The lowest BCUT2D eigenvalue weighted by Crippen LogP contribution is -2.34. The molecule has 4 heterocycles. The summed E-state index contributed by atoms with van der Waals surface area (Å²) in [7, 11) is 0. The number of ether oxygens (including phenoxy) is 1. The van der Waals surface area contributed by atoms with E-state index in [0.29, 0.717) is 21.9 Å². The van der Waals surface area contributed by atoms with Gasteiger partial charge in [-0.3, -0.25) is 14.3 Å². The van der Waals surface area contributed by atoms with Crippen molar-refractivity contribution in [2.45, 2.75) is 31.6 Å². The highest BCUT2D eigenvalue weighted by Crippen LogP contribution is 2.49. The zero-order chi connectivity index (χ0) is 18.0. The third kappa shape index (κ3) is 2.30. The molecule has 4 atom stereocenters. The zero-order valence-electron chi connectivity index (χ0n) is 13.6. The molecule has 8 heteroatoms. The number of imide groups is 1. The van der Waals surface area contributed by atoms with E-state index in [9.17, 15) is 9.59 Å². The molecule has 0 spiro atoms. The second-order valence-corrected chi connectivity index (χ2v) is 8.20. The maximum Gasteiger partial charge on any atom is 0.241 e. The molecule has 134 valence electrons. The molecular formula is C18H15BrClN3O3. The van der Waals surface area contributed by atoms with Crippen molar-refractivity contribution >= 4 is 45.2 Å². The van der Waals surface area contributed by atoms with Crippen molar-refractivity contribution < 1.29 is 14.3 Å². The highest BCUT2D eigenvalue weighted by molar-refractivity contribution is 9.10. The minimum atomic E-state index is -0.359. The molecule has 0 saturated carbocycles. The van der Waals surface area contributed by atoms with E-state index in [-0.39, 0.29) is 35.9 Å². The van der Waals surface area contributed by atoms with Gasteiger partial charge in [-0.25, -0.2) is 4.90 Å². The van der Waals surface area contributed by atoms with Crippen LogP contribution in [0.3, 0.4) is 0 Å². The van der Waals surface area contributed by atoms with Crippen molar-refractivity contribution in [1.82, 2.24) is 9.78 Å². The molecule has 3 saturated heterocycles. The van der Waals surface area contributed by atoms with Gasteiger partial charge >= 0.3 is 0 Å². The minimum absolute atomic E-state index is 0.129. The van der Waals surface area contributed by atoms with Crippen LogP contribution in [0.1, 0.15) is 18.4 Å². The van der Waals surface area contributed by atoms with Gasteiger partial charge in [0.1, 0.15) is 0 Å². The molecule has 6 nitrogen and oxygen atoms in total. The summed E-state index contributed by atoms with van der Waals surface area (Å²) in [5, 5.41) is 5.13. The highest BCUT2D eigenvalue weighted by Gasteiger charge is 2.63. The molecule has 2 bridgehead atoms. The summed E-state index contributed by atoms with van der Waals surface area (Å²) in [6, 6.07) is 7.52. The van der Waals surface area contributed by atoms with Gasteiger partial charge < -0.3 is 4.74 Å². The Hall–Kier alpha value is -1.70. The van der Waals surface area contributed by atoms with Crippen LogP contribution in [0.15, 0.2) is 34.9 Å². The van der Waals surface area contributed by atoms with Crippen LogP contribution in [0.2, 0.25) is 5.02 Å². The molecule has 0 N–H and O–H groups in total. The van der Waals surface area contributed by atoms with Crippen LogP contribution >= 0.6 is 27.5 Å². The van der Waals surface area contributed by atoms with Gasteiger partial charge in [-0.15, -0.1) is 0 Å². The fraction of sp³-hybridized carbons (Fsp3) is 0.389. The van der Waals surface area contributed by atoms with Gasteiger partial charge in [0.05, 0.1) is 35.1 Å². The standard InChI is InChI=1S/C18H15BrClN3O3/c19-10-8-22(7-9-3-1-2-4-11(9)20)21-16(10)23-17(24)14-12-5-6-13(26-12)15(14)18(23)25/h1-4,8,12-15H,5-7H2. The smallest absolute Gasteiger partial charge is 0.241 e. The van der Waals surface area contributed by atoms with Crippen molar-refractivity contribution in [2.75, 3.05) is 4.90 Å². The van der Waals surface area contributed by atoms with Crippen LogP contribution in [-0.4, -0.2) is 33.8 Å². The van der Waals surface area contributed by atoms with Crippen molar-refractivity contribution in [2.24, 2.45) is 11.8 Å². The average molecular weight is 437 g/mol. The number of halogens is 2. The van der Waals surface area contributed by atoms with Crippen LogP contribution in [0.25, 0.3) is 0 Å². The molecule has 0 aliphatic carbocycles. The molecule has 26 heavy (non-hydrogen) atoms. The van der Waals surface area contributed by atoms with E-state index in [1.165, 1.54) is 4.90 Å². The molecular weight excluding hydrogens is 422 g/mol. The number of anilines is 1. The molecule has 3 aliphatic heterocycles. The summed E-state index contributed by atoms with van der Waals surface area (Å²) in [5.41, 5.74) is 0.915. The zero-order valence-corrected chi connectivity index (χ0v) is 16.0.